The van der Waals surface area contributed by atoms with E-state index in [1.165, 1.54) is 12.3 Å². The molecule has 10 heteroatoms. The summed E-state index contributed by atoms with van der Waals surface area (Å²) in [5, 5.41) is 11.6. The Kier molecular flexibility index (Phi) is 6.56. The zero-order chi connectivity index (χ0) is 23.2. The molecule has 2 amide bonds. The number of esters is 1. The van der Waals surface area contributed by atoms with E-state index < -0.39 is 18.5 Å². The molecule has 2 N–H and O–H groups in total. The fourth-order valence-electron chi connectivity index (χ4n) is 2.95. The maximum Gasteiger partial charge on any atom is 0.358 e. The number of para-hydroxylation sites is 1. The van der Waals surface area contributed by atoms with Gasteiger partial charge in [0.15, 0.2) is 17.4 Å². The summed E-state index contributed by atoms with van der Waals surface area (Å²) in [6.07, 6.45) is 0. The Morgan fingerprint density at radius 2 is 1.70 bits per heavy atom. The van der Waals surface area contributed by atoms with Crippen LogP contribution < -0.4 is 10.6 Å². The van der Waals surface area contributed by atoms with E-state index in [2.05, 4.69) is 20.7 Å². The normalized spacial score (nSPS) is 10.5. The molecule has 2 aromatic carbocycles. The number of rotatable bonds is 7. The number of ether oxygens (including phenoxy) is 1. The fourth-order valence-corrected chi connectivity index (χ4v) is 3.67. The third-order valence-electron chi connectivity index (χ3n) is 4.38. The molecule has 0 aliphatic carbocycles. The van der Waals surface area contributed by atoms with Gasteiger partial charge >= 0.3 is 5.97 Å². The minimum atomic E-state index is -0.764. The Bertz CT molecular complexity index is 1280. The number of nitrogens with zero attached hydrogens (tertiary/aromatic N) is 3. The first-order valence-corrected chi connectivity index (χ1v) is 10.8. The number of carbonyl (C=O) groups is 3. The molecule has 2 aromatic heterocycles. The Hall–Kier alpha value is -4.31. The predicted molar refractivity (Wildman–Crippen MR) is 124 cm³/mol. The van der Waals surface area contributed by atoms with Gasteiger partial charge in [-0.2, -0.15) is 5.10 Å². The molecule has 0 spiro atoms. The molecule has 4 aromatic rings. The van der Waals surface area contributed by atoms with Gasteiger partial charge in [-0.15, -0.1) is 11.3 Å². The Labute approximate surface area is 193 Å². The summed E-state index contributed by atoms with van der Waals surface area (Å²) in [6.45, 7) is 0.833. The van der Waals surface area contributed by atoms with Crippen molar-refractivity contribution >= 4 is 40.1 Å². The van der Waals surface area contributed by atoms with Crippen LogP contribution in [0.1, 0.15) is 17.4 Å². The van der Waals surface area contributed by atoms with Gasteiger partial charge in [0.25, 0.3) is 5.91 Å². The minimum Gasteiger partial charge on any atom is -0.451 e. The number of anilines is 2. The van der Waals surface area contributed by atoms with E-state index in [1.54, 1.807) is 10.7 Å². The lowest BCUT2D eigenvalue weighted by Gasteiger charge is -2.09. The van der Waals surface area contributed by atoms with Gasteiger partial charge in [-0.1, -0.05) is 48.5 Å². The molecule has 0 fully saturated rings. The zero-order valence-corrected chi connectivity index (χ0v) is 18.3. The van der Waals surface area contributed by atoms with Crippen LogP contribution in [0.5, 0.6) is 0 Å². The number of hydrogen-bond donors (Lipinski definition) is 2. The maximum atomic E-state index is 12.5. The third kappa shape index (κ3) is 5.49. The highest BCUT2D eigenvalue weighted by molar-refractivity contribution is 7.14. The van der Waals surface area contributed by atoms with Crippen LogP contribution in [0.2, 0.25) is 0 Å². The van der Waals surface area contributed by atoms with Crippen LogP contribution >= 0.6 is 11.3 Å². The Morgan fingerprint density at radius 3 is 2.39 bits per heavy atom. The lowest BCUT2D eigenvalue weighted by atomic mass is 10.2. The molecular weight excluding hydrogens is 442 g/mol. The smallest absolute Gasteiger partial charge is 0.358 e. The first-order chi connectivity index (χ1) is 16.0. The highest BCUT2D eigenvalue weighted by atomic mass is 32.1. The van der Waals surface area contributed by atoms with Crippen molar-refractivity contribution in [2.45, 2.75) is 6.92 Å². The standard InChI is InChI=1S/C23H19N5O4S/c1-15(29)24-23-25-19(14-33-23)22(31)32-13-21(30)26-20-12-18(16-8-4-2-5-9-16)27-28(20)17-10-6-3-7-11-17/h2-12,14H,13H2,1H3,(H,26,30)(H,24,25,29). The highest BCUT2D eigenvalue weighted by Gasteiger charge is 2.17. The SMILES string of the molecule is CC(=O)Nc1nc(C(=O)OCC(=O)Nc2cc(-c3ccccc3)nn2-c2ccccc2)cs1. The first-order valence-electron chi connectivity index (χ1n) is 9.90. The molecule has 33 heavy (non-hydrogen) atoms. The van der Waals surface area contributed by atoms with Crippen LogP contribution in [0.3, 0.4) is 0 Å². The number of carbonyl (C=O) groups excluding carboxylic acids is 3. The molecule has 2 heterocycles. The number of aromatic nitrogens is 3. The van der Waals surface area contributed by atoms with E-state index >= 15 is 0 Å². The van der Waals surface area contributed by atoms with Crippen molar-refractivity contribution in [3.63, 3.8) is 0 Å². The topological polar surface area (TPSA) is 115 Å². The Morgan fingerprint density at radius 1 is 1.00 bits per heavy atom. The summed E-state index contributed by atoms with van der Waals surface area (Å²) in [5.41, 5.74) is 2.35. The van der Waals surface area contributed by atoms with Gasteiger partial charge in [-0.3, -0.25) is 9.59 Å². The van der Waals surface area contributed by atoms with Crippen molar-refractivity contribution in [1.29, 1.82) is 0 Å². The lowest BCUT2D eigenvalue weighted by molar-refractivity contribution is -0.119. The number of nitrogens with one attached hydrogen (secondary N) is 2. The molecule has 0 aliphatic rings. The summed E-state index contributed by atoms with van der Waals surface area (Å²) in [7, 11) is 0. The third-order valence-corrected chi connectivity index (χ3v) is 5.14. The van der Waals surface area contributed by atoms with Crippen molar-refractivity contribution in [1.82, 2.24) is 14.8 Å². The maximum absolute atomic E-state index is 12.5. The van der Waals surface area contributed by atoms with Crippen LogP contribution in [-0.2, 0) is 14.3 Å². The zero-order valence-electron chi connectivity index (χ0n) is 17.5. The average Bonchev–Trinajstić information content (AvgIpc) is 3.46. The summed E-state index contributed by atoms with van der Waals surface area (Å²) in [4.78, 5) is 39.8. The van der Waals surface area contributed by atoms with Crippen molar-refractivity contribution in [3.05, 3.63) is 77.8 Å². The Balaban J connectivity index is 1.47. The predicted octanol–water partition coefficient (Wildman–Crippen LogP) is 3.75. The molecule has 0 bridgehead atoms. The second-order valence-electron chi connectivity index (χ2n) is 6.87. The second-order valence-corrected chi connectivity index (χ2v) is 7.73. The van der Waals surface area contributed by atoms with Crippen LogP contribution in [0.25, 0.3) is 16.9 Å². The summed E-state index contributed by atoms with van der Waals surface area (Å²) in [6, 6.07) is 20.7. The first kappa shape index (κ1) is 21.9. The van der Waals surface area contributed by atoms with E-state index in [9.17, 15) is 14.4 Å². The van der Waals surface area contributed by atoms with E-state index in [-0.39, 0.29) is 16.7 Å². The van der Waals surface area contributed by atoms with Crippen molar-refractivity contribution in [2.75, 3.05) is 17.2 Å². The number of benzene rings is 2. The number of hydrogen-bond acceptors (Lipinski definition) is 7. The van der Waals surface area contributed by atoms with Gasteiger partial charge in [0.05, 0.1) is 11.4 Å². The van der Waals surface area contributed by atoms with Crippen LogP contribution in [0.15, 0.2) is 72.1 Å². The minimum absolute atomic E-state index is 0.0113. The van der Waals surface area contributed by atoms with Gasteiger partial charge in [-0.05, 0) is 12.1 Å². The monoisotopic (exact) mass is 461 g/mol. The molecular formula is C23H19N5O4S. The van der Waals surface area contributed by atoms with E-state index in [0.717, 1.165) is 22.6 Å². The van der Waals surface area contributed by atoms with E-state index in [1.807, 2.05) is 60.7 Å². The molecule has 0 radical (unpaired) electrons. The molecule has 0 saturated heterocycles. The quantitative estimate of drug-likeness (QED) is 0.405. The molecule has 166 valence electrons. The van der Waals surface area contributed by atoms with Crippen molar-refractivity contribution in [2.24, 2.45) is 0 Å². The van der Waals surface area contributed by atoms with Gasteiger partial charge in [0.2, 0.25) is 5.91 Å². The molecule has 0 unspecified atom stereocenters. The van der Waals surface area contributed by atoms with Gasteiger partial charge in [0.1, 0.15) is 5.82 Å². The van der Waals surface area contributed by atoms with Crippen LogP contribution in [0, 0.1) is 0 Å². The van der Waals surface area contributed by atoms with Gasteiger partial charge in [-0.25, -0.2) is 14.5 Å². The van der Waals surface area contributed by atoms with E-state index in [0.29, 0.717) is 11.5 Å². The lowest BCUT2D eigenvalue weighted by Crippen LogP contribution is -2.22. The molecule has 4 rings (SSSR count). The molecule has 0 atom stereocenters. The van der Waals surface area contributed by atoms with Crippen molar-refractivity contribution in [3.8, 4) is 16.9 Å². The summed E-state index contributed by atoms with van der Waals surface area (Å²) < 4.78 is 6.68. The molecule has 0 aliphatic heterocycles. The number of amides is 2. The summed E-state index contributed by atoms with van der Waals surface area (Å²) >= 11 is 1.09. The van der Waals surface area contributed by atoms with Crippen molar-refractivity contribution < 1.29 is 19.1 Å². The van der Waals surface area contributed by atoms with Crippen LogP contribution in [0.4, 0.5) is 10.9 Å². The van der Waals surface area contributed by atoms with Gasteiger partial charge in [0, 0.05) is 23.9 Å². The van der Waals surface area contributed by atoms with Gasteiger partial charge < -0.3 is 15.4 Å². The largest absolute Gasteiger partial charge is 0.451 e. The fraction of sp³-hybridized carbons (Fsp3) is 0.0870. The molecule has 0 saturated carbocycles. The van der Waals surface area contributed by atoms with E-state index in [4.69, 9.17) is 4.74 Å². The van der Waals surface area contributed by atoms with Crippen LogP contribution in [-0.4, -0.2) is 39.2 Å². The second kappa shape index (κ2) is 9.88. The molecule has 9 nitrogen and oxygen atoms in total. The number of thiazole rings is 1. The average molecular weight is 462 g/mol. The highest BCUT2D eigenvalue weighted by Crippen LogP contribution is 2.24. The summed E-state index contributed by atoms with van der Waals surface area (Å²) in [5.74, 6) is -1.16.